The Morgan fingerprint density at radius 2 is 2.07 bits per heavy atom. The molecule has 5 heteroatoms. The smallest absolute Gasteiger partial charge is 0.203 e. The lowest BCUT2D eigenvalue weighted by atomic mass is 9.90. The van der Waals surface area contributed by atoms with Gasteiger partial charge in [0, 0.05) is 5.41 Å². The number of rotatable bonds is 6. The Hall–Kier alpha value is -0.680. The van der Waals surface area contributed by atoms with E-state index in [2.05, 4.69) is 36.3 Å². The number of anilines is 1. The van der Waals surface area contributed by atoms with Gasteiger partial charge in [-0.3, -0.25) is 0 Å². The van der Waals surface area contributed by atoms with E-state index >= 15 is 0 Å². The van der Waals surface area contributed by atoms with Crippen LogP contribution in [0.3, 0.4) is 0 Å². The van der Waals surface area contributed by atoms with Crippen molar-refractivity contribution in [1.29, 1.82) is 0 Å². The molecule has 0 saturated carbocycles. The van der Waals surface area contributed by atoms with Crippen LogP contribution in [0.2, 0.25) is 0 Å². The summed E-state index contributed by atoms with van der Waals surface area (Å²) in [5.41, 5.74) is 5.65. The van der Waals surface area contributed by atoms with Crippen LogP contribution >= 0.6 is 11.3 Å². The SMILES string of the molecule is CCCNCCC(C)(C)c1nnc(N)s1. The van der Waals surface area contributed by atoms with Crippen LogP contribution in [0.1, 0.15) is 38.6 Å². The van der Waals surface area contributed by atoms with Crippen molar-refractivity contribution in [2.75, 3.05) is 18.8 Å². The number of hydrogen-bond acceptors (Lipinski definition) is 5. The summed E-state index contributed by atoms with van der Waals surface area (Å²) < 4.78 is 0. The topological polar surface area (TPSA) is 63.8 Å². The molecule has 15 heavy (non-hydrogen) atoms. The summed E-state index contributed by atoms with van der Waals surface area (Å²) in [6.07, 6.45) is 2.23. The maximum atomic E-state index is 5.58. The molecule has 0 amide bonds. The second-order valence-electron chi connectivity index (χ2n) is 4.33. The Labute approximate surface area is 95.3 Å². The summed E-state index contributed by atoms with van der Waals surface area (Å²) >= 11 is 1.49. The molecule has 0 atom stereocenters. The fourth-order valence-corrected chi connectivity index (χ4v) is 2.06. The van der Waals surface area contributed by atoms with Gasteiger partial charge in [0.1, 0.15) is 5.01 Å². The first-order valence-corrected chi connectivity index (χ1v) is 6.18. The predicted octanol–water partition coefficient (Wildman–Crippen LogP) is 1.79. The highest BCUT2D eigenvalue weighted by atomic mass is 32.1. The van der Waals surface area contributed by atoms with E-state index in [1.54, 1.807) is 0 Å². The van der Waals surface area contributed by atoms with Crippen LogP contribution in [-0.4, -0.2) is 23.3 Å². The van der Waals surface area contributed by atoms with Gasteiger partial charge in [0.05, 0.1) is 0 Å². The fourth-order valence-electron chi connectivity index (χ4n) is 1.32. The molecule has 0 aromatic carbocycles. The van der Waals surface area contributed by atoms with Gasteiger partial charge in [-0.15, -0.1) is 10.2 Å². The molecule has 0 aliphatic heterocycles. The van der Waals surface area contributed by atoms with Crippen molar-refractivity contribution < 1.29 is 0 Å². The quantitative estimate of drug-likeness (QED) is 0.729. The summed E-state index contributed by atoms with van der Waals surface area (Å²) in [6.45, 7) is 8.62. The first-order valence-electron chi connectivity index (χ1n) is 5.36. The molecule has 0 saturated heterocycles. The average molecular weight is 228 g/mol. The van der Waals surface area contributed by atoms with Crippen LogP contribution in [0.15, 0.2) is 0 Å². The van der Waals surface area contributed by atoms with Gasteiger partial charge in [-0.05, 0) is 25.9 Å². The minimum Gasteiger partial charge on any atom is -0.374 e. The summed E-state index contributed by atoms with van der Waals surface area (Å²) in [5, 5.41) is 12.9. The van der Waals surface area contributed by atoms with Gasteiger partial charge in [0.2, 0.25) is 5.13 Å². The molecular weight excluding hydrogens is 208 g/mol. The van der Waals surface area contributed by atoms with Crippen LogP contribution < -0.4 is 11.1 Å². The molecule has 1 aromatic heterocycles. The van der Waals surface area contributed by atoms with Crippen LogP contribution in [0, 0.1) is 0 Å². The molecule has 1 rings (SSSR count). The van der Waals surface area contributed by atoms with Gasteiger partial charge in [0.25, 0.3) is 0 Å². The molecular formula is C10H20N4S. The number of hydrogen-bond donors (Lipinski definition) is 2. The molecule has 4 nitrogen and oxygen atoms in total. The monoisotopic (exact) mass is 228 g/mol. The molecule has 0 radical (unpaired) electrons. The third-order valence-corrected chi connectivity index (χ3v) is 3.49. The predicted molar refractivity (Wildman–Crippen MR) is 65.1 cm³/mol. The number of nitrogen functional groups attached to an aromatic ring is 1. The highest BCUT2D eigenvalue weighted by Crippen LogP contribution is 2.29. The lowest BCUT2D eigenvalue weighted by molar-refractivity contribution is 0.452. The second kappa shape index (κ2) is 5.42. The highest BCUT2D eigenvalue weighted by molar-refractivity contribution is 7.15. The summed E-state index contributed by atoms with van der Waals surface area (Å²) in [7, 11) is 0. The third kappa shape index (κ3) is 3.76. The molecule has 0 bridgehead atoms. The van der Waals surface area contributed by atoms with Gasteiger partial charge in [-0.25, -0.2) is 0 Å². The van der Waals surface area contributed by atoms with Crippen molar-refractivity contribution in [2.24, 2.45) is 0 Å². The zero-order valence-electron chi connectivity index (χ0n) is 9.71. The largest absolute Gasteiger partial charge is 0.374 e. The first-order chi connectivity index (χ1) is 7.06. The van der Waals surface area contributed by atoms with E-state index < -0.39 is 0 Å². The normalized spacial score (nSPS) is 11.9. The van der Waals surface area contributed by atoms with E-state index in [-0.39, 0.29) is 5.41 Å². The number of nitrogens with zero attached hydrogens (tertiary/aromatic N) is 2. The number of aromatic nitrogens is 2. The van der Waals surface area contributed by atoms with E-state index in [0.29, 0.717) is 5.13 Å². The maximum Gasteiger partial charge on any atom is 0.203 e. The van der Waals surface area contributed by atoms with Crippen LogP contribution in [-0.2, 0) is 5.41 Å². The molecule has 0 aliphatic carbocycles. The van der Waals surface area contributed by atoms with E-state index in [1.165, 1.54) is 17.8 Å². The van der Waals surface area contributed by atoms with E-state index in [4.69, 9.17) is 5.73 Å². The van der Waals surface area contributed by atoms with Crippen molar-refractivity contribution in [3.05, 3.63) is 5.01 Å². The van der Waals surface area contributed by atoms with Crippen molar-refractivity contribution in [3.63, 3.8) is 0 Å². The molecule has 1 aromatic rings. The molecule has 1 heterocycles. The summed E-state index contributed by atoms with van der Waals surface area (Å²) in [4.78, 5) is 0. The zero-order chi connectivity index (χ0) is 11.3. The van der Waals surface area contributed by atoms with Crippen molar-refractivity contribution in [3.8, 4) is 0 Å². The van der Waals surface area contributed by atoms with E-state index in [0.717, 1.165) is 24.5 Å². The Kier molecular flexibility index (Phi) is 4.47. The maximum absolute atomic E-state index is 5.58. The summed E-state index contributed by atoms with van der Waals surface area (Å²) in [5.74, 6) is 0. The van der Waals surface area contributed by atoms with Crippen LogP contribution in [0.25, 0.3) is 0 Å². The number of nitrogens with one attached hydrogen (secondary N) is 1. The fraction of sp³-hybridized carbons (Fsp3) is 0.800. The van der Waals surface area contributed by atoms with E-state index in [9.17, 15) is 0 Å². The van der Waals surface area contributed by atoms with Gasteiger partial charge < -0.3 is 11.1 Å². The second-order valence-corrected chi connectivity index (χ2v) is 5.34. The molecule has 3 N–H and O–H groups in total. The van der Waals surface area contributed by atoms with Crippen molar-refractivity contribution in [2.45, 2.75) is 39.0 Å². The Morgan fingerprint density at radius 3 is 2.60 bits per heavy atom. The molecule has 0 spiro atoms. The first kappa shape index (κ1) is 12.4. The average Bonchev–Trinajstić information content (AvgIpc) is 2.60. The highest BCUT2D eigenvalue weighted by Gasteiger charge is 2.24. The van der Waals surface area contributed by atoms with Gasteiger partial charge in [0.15, 0.2) is 0 Å². The van der Waals surface area contributed by atoms with Crippen molar-refractivity contribution in [1.82, 2.24) is 15.5 Å². The van der Waals surface area contributed by atoms with Crippen LogP contribution in [0.5, 0.6) is 0 Å². The van der Waals surface area contributed by atoms with Crippen molar-refractivity contribution >= 4 is 16.5 Å². The standard InChI is InChI=1S/C10H20N4S/c1-4-6-12-7-5-10(2,3)8-13-14-9(11)15-8/h12H,4-7H2,1-3H3,(H2,11,14). The lowest BCUT2D eigenvalue weighted by Gasteiger charge is -2.21. The number of nitrogens with two attached hydrogens (primary N) is 1. The Bertz CT molecular complexity index is 295. The van der Waals surface area contributed by atoms with Crippen LogP contribution in [0.4, 0.5) is 5.13 Å². The Balaban J connectivity index is 2.44. The zero-order valence-corrected chi connectivity index (χ0v) is 10.5. The Morgan fingerprint density at radius 1 is 1.33 bits per heavy atom. The van der Waals surface area contributed by atoms with Gasteiger partial charge in [-0.1, -0.05) is 32.1 Å². The lowest BCUT2D eigenvalue weighted by Crippen LogP contribution is -2.25. The van der Waals surface area contributed by atoms with Gasteiger partial charge >= 0.3 is 0 Å². The molecule has 0 aliphatic rings. The minimum atomic E-state index is 0.0655. The molecule has 86 valence electrons. The van der Waals surface area contributed by atoms with E-state index in [1.807, 2.05) is 0 Å². The summed E-state index contributed by atoms with van der Waals surface area (Å²) in [6, 6.07) is 0. The van der Waals surface area contributed by atoms with Gasteiger partial charge in [-0.2, -0.15) is 0 Å². The molecule has 0 unspecified atom stereocenters. The molecule has 0 fully saturated rings. The third-order valence-electron chi connectivity index (χ3n) is 2.37. The minimum absolute atomic E-state index is 0.0655.